The summed E-state index contributed by atoms with van der Waals surface area (Å²) in [6.07, 6.45) is 4.52. The lowest BCUT2D eigenvalue weighted by Gasteiger charge is -2.28. The van der Waals surface area contributed by atoms with Gasteiger partial charge in [-0.25, -0.2) is 15.0 Å². The first-order chi connectivity index (χ1) is 13.3. The third-order valence-corrected chi connectivity index (χ3v) is 5.26. The summed E-state index contributed by atoms with van der Waals surface area (Å²) in [5.41, 5.74) is 2.89. The number of benzene rings is 1. The molecule has 1 aliphatic heterocycles. The Labute approximate surface area is 163 Å². The normalized spacial score (nSPS) is 14.5. The van der Waals surface area contributed by atoms with Gasteiger partial charge in [0.1, 0.15) is 22.4 Å². The lowest BCUT2D eigenvalue weighted by molar-refractivity contribution is 0.580. The number of nitrogens with zero attached hydrogens (tertiary/aromatic N) is 5. The van der Waals surface area contributed by atoms with Crippen LogP contribution in [0.1, 0.15) is 5.56 Å². The SMILES string of the molecule is CSc1ncnc2c(NCCc3ccccc3)nc(N3CCNCC3)nc12. The molecule has 0 atom stereocenters. The number of thioether (sulfide) groups is 1. The minimum atomic E-state index is 0.747. The fourth-order valence-electron chi connectivity index (χ4n) is 3.16. The summed E-state index contributed by atoms with van der Waals surface area (Å²) >= 11 is 1.58. The van der Waals surface area contributed by atoms with E-state index >= 15 is 0 Å². The highest BCUT2D eigenvalue weighted by molar-refractivity contribution is 7.98. The van der Waals surface area contributed by atoms with E-state index in [-0.39, 0.29) is 0 Å². The fraction of sp³-hybridized carbons (Fsp3) is 0.368. The first-order valence-electron chi connectivity index (χ1n) is 9.15. The first-order valence-corrected chi connectivity index (χ1v) is 10.4. The molecule has 0 spiro atoms. The van der Waals surface area contributed by atoms with Crippen LogP contribution in [-0.4, -0.2) is 58.9 Å². The van der Waals surface area contributed by atoms with Gasteiger partial charge in [-0.3, -0.25) is 0 Å². The third kappa shape index (κ3) is 4.12. The number of nitrogens with one attached hydrogen (secondary N) is 2. The minimum absolute atomic E-state index is 0.747. The molecule has 4 rings (SSSR count). The summed E-state index contributed by atoms with van der Waals surface area (Å²) in [4.78, 5) is 20.7. The summed E-state index contributed by atoms with van der Waals surface area (Å²) in [6.45, 7) is 4.47. The van der Waals surface area contributed by atoms with Gasteiger partial charge in [-0.2, -0.15) is 4.98 Å². The standard InChI is InChI=1S/C19H23N7S/c1-27-18-16-15(22-13-23-18)17(21-8-7-14-5-3-2-4-6-14)25-19(24-16)26-11-9-20-10-12-26/h2-6,13,20H,7-12H2,1H3,(H,21,24,25). The molecule has 27 heavy (non-hydrogen) atoms. The van der Waals surface area contributed by atoms with E-state index in [4.69, 9.17) is 9.97 Å². The van der Waals surface area contributed by atoms with E-state index in [1.54, 1.807) is 18.1 Å². The van der Waals surface area contributed by atoms with Crippen molar-refractivity contribution in [2.75, 3.05) is 49.2 Å². The Morgan fingerprint density at radius 2 is 1.89 bits per heavy atom. The molecule has 0 radical (unpaired) electrons. The molecule has 1 fully saturated rings. The van der Waals surface area contributed by atoms with Gasteiger partial charge in [0.25, 0.3) is 0 Å². The van der Waals surface area contributed by atoms with Crippen molar-refractivity contribution >= 4 is 34.6 Å². The van der Waals surface area contributed by atoms with E-state index in [1.807, 2.05) is 12.3 Å². The van der Waals surface area contributed by atoms with Gasteiger partial charge in [0.05, 0.1) is 0 Å². The van der Waals surface area contributed by atoms with Gasteiger partial charge in [0.2, 0.25) is 5.95 Å². The number of fused-ring (bicyclic) bond motifs is 1. The second-order valence-electron chi connectivity index (χ2n) is 6.35. The molecular formula is C19H23N7S. The molecule has 0 bridgehead atoms. The predicted molar refractivity (Wildman–Crippen MR) is 111 cm³/mol. The van der Waals surface area contributed by atoms with Crippen molar-refractivity contribution < 1.29 is 0 Å². The van der Waals surface area contributed by atoms with Gasteiger partial charge in [-0.1, -0.05) is 30.3 Å². The van der Waals surface area contributed by atoms with Crippen LogP contribution in [0.15, 0.2) is 41.7 Å². The molecule has 1 saturated heterocycles. The topological polar surface area (TPSA) is 78.9 Å². The van der Waals surface area contributed by atoms with Crippen molar-refractivity contribution in [3.05, 3.63) is 42.2 Å². The van der Waals surface area contributed by atoms with Crippen LogP contribution >= 0.6 is 11.8 Å². The maximum Gasteiger partial charge on any atom is 0.228 e. The van der Waals surface area contributed by atoms with E-state index in [0.717, 1.165) is 67.0 Å². The second-order valence-corrected chi connectivity index (χ2v) is 7.15. The van der Waals surface area contributed by atoms with Crippen LogP contribution in [0.5, 0.6) is 0 Å². The van der Waals surface area contributed by atoms with Gasteiger partial charge >= 0.3 is 0 Å². The Balaban J connectivity index is 1.64. The number of anilines is 2. The molecule has 0 aliphatic carbocycles. The van der Waals surface area contributed by atoms with Gasteiger partial charge in [0.15, 0.2) is 5.82 Å². The molecule has 1 aromatic carbocycles. The lowest BCUT2D eigenvalue weighted by atomic mass is 10.1. The largest absolute Gasteiger partial charge is 0.368 e. The zero-order valence-corrected chi connectivity index (χ0v) is 16.2. The van der Waals surface area contributed by atoms with Crippen LogP contribution in [-0.2, 0) is 6.42 Å². The van der Waals surface area contributed by atoms with Crippen molar-refractivity contribution in [1.29, 1.82) is 0 Å². The molecule has 140 valence electrons. The van der Waals surface area contributed by atoms with Crippen molar-refractivity contribution in [2.45, 2.75) is 11.4 Å². The van der Waals surface area contributed by atoms with E-state index in [1.165, 1.54) is 5.56 Å². The highest BCUT2D eigenvalue weighted by Crippen LogP contribution is 2.27. The van der Waals surface area contributed by atoms with Gasteiger partial charge in [-0.05, 0) is 18.2 Å². The molecular weight excluding hydrogens is 358 g/mol. The summed E-state index contributed by atoms with van der Waals surface area (Å²) in [6, 6.07) is 10.4. The molecule has 3 aromatic rings. The molecule has 3 heterocycles. The third-order valence-electron chi connectivity index (χ3n) is 4.58. The molecule has 0 saturated carbocycles. The van der Waals surface area contributed by atoms with E-state index in [0.29, 0.717) is 0 Å². The van der Waals surface area contributed by atoms with Crippen LogP contribution in [0.4, 0.5) is 11.8 Å². The molecule has 8 heteroatoms. The number of hydrogen-bond donors (Lipinski definition) is 2. The van der Waals surface area contributed by atoms with Crippen LogP contribution in [0.2, 0.25) is 0 Å². The van der Waals surface area contributed by atoms with E-state index in [9.17, 15) is 0 Å². The fourth-order valence-corrected chi connectivity index (χ4v) is 3.65. The molecule has 0 amide bonds. The zero-order chi connectivity index (χ0) is 18.5. The van der Waals surface area contributed by atoms with Crippen LogP contribution in [0, 0.1) is 0 Å². The van der Waals surface area contributed by atoms with Crippen molar-refractivity contribution in [2.24, 2.45) is 0 Å². The molecule has 1 aliphatic rings. The number of hydrogen-bond acceptors (Lipinski definition) is 8. The Morgan fingerprint density at radius 3 is 2.67 bits per heavy atom. The zero-order valence-electron chi connectivity index (χ0n) is 15.4. The molecule has 7 nitrogen and oxygen atoms in total. The summed E-state index contributed by atoms with van der Waals surface area (Å²) in [7, 11) is 0. The van der Waals surface area contributed by atoms with Crippen molar-refractivity contribution in [1.82, 2.24) is 25.3 Å². The number of piperazine rings is 1. The predicted octanol–water partition coefficient (Wildman–Crippen LogP) is 2.21. The second kappa shape index (κ2) is 8.49. The summed E-state index contributed by atoms with van der Waals surface area (Å²) in [5.74, 6) is 1.53. The Morgan fingerprint density at radius 1 is 1.07 bits per heavy atom. The summed E-state index contributed by atoms with van der Waals surface area (Å²) < 4.78 is 0. The number of rotatable bonds is 6. The van der Waals surface area contributed by atoms with Crippen LogP contribution < -0.4 is 15.5 Å². The van der Waals surface area contributed by atoms with Crippen LogP contribution in [0.3, 0.4) is 0 Å². The number of aromatic nitrogens is 4. The lowest BCUT2D eigenvalue weighted by Crippen LogP contribution is -2.44. The highest BCUT2D eigenvalue weighted by Gasteiger charge is 2.18. The van der Waals surface area contributed by atoms with Gasteiger partial charge < -0.3 is 15.5 Å². The maximum absolute atomic E-state index is 4.81. The quantitative estimate of drug-likeness (QED) is 0.497. The van der Waals surface area contributed by atoms with Crippen molar-refractivity contribution in [3.8, 4) is 0 Å². The smallest absolute Gasteiger partial charge is 0.228 e. The monoisotopic (exact) mass is 381 g/mol. The maximum atomic E-state index is 4.81. The highest BCUT2D eigenvalue weighted by atomic mass is 32.2. The Hall–Kier alpha value is -2.45. The first kappa shape index (κ1) is 17.9. The Bertz CT molecular complexity index is 897. The van der Waals surface area contributed by atoms with E-state index in [2.05, 4.69) is 49.8 Å². The average molecular weight is 382 g/mol. The minimum Gasteiger partial charge on any atom is -0.368 e. The molecule has 2 N–H and O–H groups in total. The van der Waals surface area contributed by atoms with Crippen LogP contribution in [0.25, 0.3) is 11.0 Å². The Kier molecular flexibility index (Phi) is 5.64. The molecule has 2 aromatic heterocycles. The van der Waals surface area contributed by atoms with Gasteiger partial charge in [-0.15, -0.1) is 11.8 Å². The average Bonchev–Trinajstić information content (AvgIpc) is 2.74. The van der Waals surface area contributed by atoms with Gasteiger partial charge in [0, 0.05) is 32.7 Å². The molecule has 0 unspecified atom stereocenters. The van der Waals surface area contributed by atoms with E-state index < -0.39 is 0 Å². The van der Waals surface area contributed by atoms with Crippen molar-refractivity contribution in [3.63, 3.8) is 0 Å². The summed E-state index contributed by atoms with van der Waals surface area (Å²) in [5, 5.41) is 7.72.